The smallest absolute Gasteiger partial charge is 0.178 e. The fourth-order valence-corrected chi connectivity index (χ4v) is 4.22. The number of hydrogen-bond donors (Lipinski definition) is 0. The van der Waals surface area contributed by atoms with Crippen molar-refractivity contribution in [2.75, 3.05) is 31.1 Å². The van der Waals surface area contributed by atoms with E-state index < -0.39 is 0 Å². The van der Waals surface area contributed by atoms with Crippen LogP contribution in [0.2, 0.25) is 0 Å². The van der Waals surface area contributed by atoms with Crippen molar-refractivity contribution in [2.45, 2.75) is 66.3 Å². The average Bonchev–Trinajstić information content (AvgIpc) is 2.70. The lowest BCUT2D eigenvalue weighted by Gasteiger charge is -2.43. The highest BCUT2D eigenvalue weighted by atomic mass is 16.1. The van der Waals surface area contributed by atoms with Crippen LogP contribution in [0.4, 0.5) is 5.69 Å². The first kappa shape index (κ1) is 20.9. The number of rotatable bonds is 4. The van der Waals surface area contributed by atoms with E-state index >= 15 is 0 Å². The van der Waals surface area contributed by atoms with Crippen molar-refractivity contribution >= 4 is 11.5 Å². The molecule has 0 atom stereocenters. The summed E-state index contributed by atoms with van der Waals surface area (Å²) in [6.45, 7) is 15.0. The molecule has 2 aliphatic rings. The third kappa shape index (κ3) is 5.29. The Bertz CT molecular complexity index is 539. The fourth-order valence-electron chi connectivity index (χ4n) is 4.22. The van der Waals surface area contributed by atoms with Gasteiger partial charge in [-0.15, -0.1) is 0 Å². The van der Waals surface area contributed by atoms with Crippen molar-refractivity contribution in [3.05, 3.63) is 24.0 Å². The number of piperidine rings is 2. The van der Waals surface area contributed by atoms with Gasteiger partial charge in [0.15, 0.2) is 5.78 Å². The van der Waals surface area contributed by atoms with Gasteiger partial charge in [-0.2, -0.15) is 0 Å². The number of carbonyl (C=O) groups is 1. The SMILES string of the molecule is CC.CC(=O)c1ccc(N2CCC(N3CCC(C(C)C)CC3)CC2)cn1. The van der Waals surface area contributed by atoms with Crippen LogP contribution in [-0.2, 0) is 0 Å². The first-order valence-electron chi connectivity index (χ1n) is 10.5. The first-order valence-corrected chi connectivity index (χ1v) is 10.5. The van der Waals surface area contributed by atoms with E-state index in [9.17, 15) is 4.79 Å². The highest BCUT2D eigenvalue weighted by molar-refractivity contribution is 5.92. The highest BCUT2D eigenvalue weighted by Gasteiger charge is 2.29. The standard InChI is InChI=1S/C20H31N3O.C2H6/c1-15(2)17-6-10-22(11-7-17)18-8-12-23(13-9-18)19-4-5-20(16(3)24)21-14-19;1-2/h4-5,14-15,17-18H,6-13H2,1-3H3;1-2H3. The molecular formula is C22H37N3O. The van der Waals surface area contributed by atoms with Gasteiger partial charge in [-0.1, -0.05) is 27.7 Å². The molecule has 1 aromatic heterocycles. The molecule has 0 saturated carbocycles. The predicted molar refractivity (Wildman–Crippen MR) is 110 cm³/mol. The summed E-state index contributed by atoms with van der Waals surface area (Å²) in [5.74, 6) is 1.79. The molecule has 2 fully saturated rings. The van der Waals surface area contributed by atoms with Crippen LogP contribution >= 0.6 is 0 Å². The maximum Gasteiger partial charge on any atom is 0.178 e. The van der Waals surface area contributed by atoms with Gasteiger partial charge in [-0.05, 0) is 62.7 Å². The number of pyridine rings is 1. The molecule has 0 amide bonds. The lowest BCUT2D eigenvalue weighted by Crippen LogP contribution is -2.48. The molecule has 3 heterocycles. The third-order valence-corrected chi connectivity index (χ3v) is 5.97. The molecule has 2 saturated heterocycles. The molecular weight excluding hydrogens is 322 g/mol. The first-order chi connectivity index (χ1) is 12.5. The van der Waals surface area contributed by atoms with Gasteiger partial charge in [0.05, 0.1) is 11.9 Å². The van der Waals surface area contributed by atoms with Gasteiger partial charge in [-0.25, -0.2) is 0 Å². The molecule has 0 N–H and O–H groups in total. The van der Waals surface area contributed by atoms with Gasteiger partial charge in [0.1, 0.15) is 5.69 Å². The molecule has 0 aliphatic carbocycles. The van der Waals surface area contributed by atoms with E-state index in [0.29, 0.717) is 5.69 Å². The molecule has 0 unspecified atom stereocenters. The van der Waals surface area contributed by atoms with E-state index in [1.54, 1.807) is 6.92 Å². The van der Waals surface area contributed by atoms with E-state index in [0.717, 1.165) is 36.7 Å². The minimum Gasteiger partial charge on any atom is -0.370 e. The van der Waals surface area contributed by atoms with Crippen LogP contribution in [0.25, 0.3) is 0 Å². The Morgan fingerprint density at radius 2 is 1.65 bits per heavy atom. The van der Waals surface area contributed by atoms with Crippen molar-refractivity contribution in [2.24, 2.45) is 11.8 Å². The zero-order valence-electron chi connectivity index (χ0n) is 17.4. The van der Waals surface area contributed by atoms with Crippen molar-refractivity contribution in [3.8, 4) is 0 Å². The molecule has 4 heteroatoms. The van der Waals surface area contributed by atoms with Gasteiger partial charge in [0.25, 0.3) is 0 Å². The number of nitrogens with zero attached hydrogens (tertiary/aromatic N) is 3. The van der Waals surface area contributed by atoms with Crippen molar-refractivity contribution < 1.29 is 4.79 Å². The minimum atomic E-state index is 0.0325. The molecule has 0 radical (unpaired) electrons. The van der Waals surface area contributed by atoms with E-state index in [-0.39, 0.29) is 5.78 Å². The summed E-state index contributed by atoms with van der Waals surface area (Å²) in [6.07, 6.45) is 7.06. The Morgan fingerprint density at radius 3 is 2.12 bits per heavy atom. The molecule has 3 rings (SSSR count). The Morgan fingerprint density at radius 1 is 1.04 bits per heavy atom. The second kappa shape index (κ2) is 10.1. The molecule has 0 aromatic carbocycles. The molecule has 2 aliphatic heterocycles. The Kier molecular flexibility index (Phi) is 8.08. The topological polar surface area (TPSA) is 36.4 Å². The van der Waals surface area contributed by atoms with Crippen LogP contribution < -0.4 is 4.90 Å². The van der Waals surface area contributed by atoms with Crippen LogP contribution in [0.15, 0.2) is 18.3 Å². The second-order valence-corrected chi connectivity index (χ2v) is 7.79. The molecule has 146 valence electrons. The monoisotopic (exact) mass is 359 g/mol. The van der Waals surface area contributed by atoms with Crippen LogP contribution in [0.1, 0.15) is 70.8 Å². The Hall–Kier alpha value is -1.42. The summed E-state index contributed by atoms with van der Waals surface area (Å²) in [5.41, 5.74) is 1.71. The van der Waals surface area contributed by atoms with Gasteiger partial charge in [0.2, 0.25) is 0 Å². The zero-order valence-corrected chi connectivity index (χ0v) is 17.4. The lowest BCUT2D eigenvalue weighted by atomic mass is 9.85. The van der Waals surface area contributed by atoms with Crippen molar-refractivity contribution in [3.63, 3.8) is 0 Å². The number of carbonyl (C=O) groups excluding carboxylic acids is 1. The number of likely N-dealkylation sites (tertiary alicyclic amines) is 1. The zero-order chi connectivity index (χ0) is 19.1. The molecule has 0 spiro atoms. The lowest BCUT2D eigenvalue weighted by molar-refractivity contribution is 0.100. The van der Waals surface area contributed by atoms with Crippen LogP contribution in [0.5, 0.6) is 0 Å². The van der Waals surface area contributed by atoms with Crippen molar-refractivity contribution in [1.82, 2.24) is 9.88 Å². The number of hydrogen-bond acceptors (Lipinski definition) is 4. The second-order valence-electron chi connectivity index (χ2n) is 7.79. The van der Waals surface area contributed by atoms with Gasteiger partial charge in [0, 0.05) is 26.1 Å². The summed E-state index contributed by atoms with van der Waals surface area (Å²) in [7, 11) is 0. The number of anilines is 1. The summed E-state index contributed by atoms with van der Waals surface area (Å²) >= 11 is 0. The maximum atomic E-state index is 11.3. The average molecular weight is 360 g/mol. The molecule has 1 aromatic rings. The van der Waals surface area contributed by atoms with Crippen LogP contribution in [-0.4, -0.2) is 47.9 Å². The summed E-state index contributed by atoms with van der Waals surface area (Å²) in [5, 5.41) is 0. The summed E-state index contributed by atoms with van der Waals surface area (Å²) in [4.78, 5) is 20.8. The number of ketones is 1. The third-order valence-electron chi connectivity index (χ3n) is 5.97. The normalized spacial score (nSPS) is 20.0. The van der Waals surface area contributed by atoms with Crippen LogP contribution in [0.3, 0.4) is 0 Å². The summed E-state index contributed by atoms with van der Waals surface area (Å²) in [6, 6.07) is 4.64. The van der Waals surface area contributed by atoms with E-state index in [1.807, 2.05) is 32.2 Å². The molecule has 0 bridgehead atoms. The minimum absolute atomic E-state index is 0.0325. The van der Waals surface area contributed by atoms with E-state index in [1.165, 1.54) is 38.8 Å². The van der Waals surface area contributed by atoms with Gasteiger partial charge >= 0.3 is 0 Å². The Labute approximate surface area is 160 Å². The quantitative estimate of drug-likeness (QED) is 0.733. The van der Waals surface area contributed by atoms with E-state index in [4.69, 9.17) is 0 Å². The Balaban J connectivity index is 0.00000117. The number of aromatic nitrogens is 1. The van der Waals surface area contributed by atoms with Gasteiger partial charge in [-0.3, -0.25) is 9.78 Å². The van der Waals surface area contributed by atoms with Crippen LogP contribution in [0, 0.1) is 11.8 Å². The van der Waals surface area contributed by atoms with Gasteiger partial charge < -0.3 is 9.80 Å². The number of Topliss-reactive ketones (excluding diaryl/α,β-unsaturated/α-hetero) is 1. The van der Waals surface area contributed by atoms with E-state index in [2.05, 4.69) is 28.6 Å². The highest BCUT2D eigenvalue weighted by Crippen LogP contribution is 2.29. The molecule has 26 heavy (non-hydrogen) atoms. The van der Waals surface area contributed by atoms with Crippen molar-refractivity contribution in [1.29, 1.82) is 0 Å². The predicted octanol–water partition coefficient (Wildman–Crippen LogP) is 4.65. The summed E-state index contributed by atoms with van der Waals surface area (Å²) < 4.78 is 0. The largest absolute Gasteiger partial charge is 0.370 e. The maximum absolute atomic E-state index is 11.3. The fraction of sp³-hybridized carbons (Fsp3) is 0.727. The molecule has 4 nitrogen and oxygen atoms in total.